The number of nitrogens with zero attached hydrogens (tertiary/aromatic N) is 4. The third kappa shape index (κ3) is 4.91. The quantitative estimate of drug-likeness (QED) is 0.278. The molecular formula is C24H29N7O. The number of hydrogen-bond acceptors (Lipinski definition) is 7. The Hall–Kier alpha value is -3.81. The summed E-state index contributed by atoms with van der Waals surface area (Å²) in [5, 5.41) is 16.3. The maximum absolute atomic E-state index is 9.79. The van der Waals surface area contributed by atoms with Gasteiger partial charge in [-0.1, -0.05) is 32.0 Å². The van der Waals surface area contributed by atoms with Crippen molar-refractivity contribution in [3.63, 3.8) is 0 Å². The van der Waals surface area contributed by atoms with Crippen molar-refractivity contribution in [2.75, 3.05) is 28.6 Å². The summed E-state index contributed by atoms with van der Waals surface area (Å²) in [4.78, 5) is 19.8. The van der Waals surface area contributed by atoms with E-state index in [1.165, 1.54) is 5.56 Å². The van der Waals surface area contributed by atoms with Crippen LogP contribution in [-0.2, 0) is 0 Å². The molecule has 8 heteroatoms. The number of imidazole rings is 1. The van der Waals surface area contributed by atoms with Crippen molar-refractivity contribution in [3.05, 3.63) is 54.1 Å². The molecule has 0 radical (unpaired) electrons. The van der Waals surface area contributed by atoms with E-state index in [2.05, 4.69) is 63.4 Å². The van der Waals surface area contributed by atoms with E-state index in [4.69, 9.17) is 4.98 Å². The lowest BCUT2D eigenvalue weighted by atomic mass is 10.2. The van der Waals surface area contributed by atoms with Crippen molar-refractivity contribution >= 4 is 40.3 Å². The molecule has 2 aromatic heterocycles. The maximum Gasteiger partial charge on any atom is 0.231 e. The average molecular weight is 432 g/mol. The van der Waals surface area contributed by atoms with Gasteiger partial charge in [0.25, 0.3) is 0 Å². The molecule has 0 aliphatic carbocycles. The lowest BCUT2D eigenvalue weighted by molar-refractivity contribution is 0.475. The standard InChI is InChI=1S/C24H29N7O/c1-4-12-31(13-5-2)22-20-21(28-23(27-20)25-17-9-6-8-16(3)14-17)29-24(30-22)26-18-10-7-11-19(32)15-18/h6-11,14-15,32H,4-5,12-13H2,1-3H3,(H3,25,26,27,28,29,30). The van der Waals surface area contributed by atoms with Crippen molar-refractivity contribution in [1.29, 1.82) is 0 Å². The van der Waals surface area contributed by atoms with Gasteiger partial charge >= 0.3 is 0 Å². The van der Waals surface area contributed by atoms with Crippen LogP contribution in [0.25, 0.3) is 11.2 Å². The summed E-state index contributed by atoms with van der Waals surface area (Å²) in [6.07, 6.45) is 2.01. The van der Waals surface area contributed by atoms with E-state index in [1.54, 1.807) is 18.2 Å². The van der Waals surface area contributed by atoms with E-state index in [1.807, 2.05) is 18.2 Å². The molecule has 0 saturated carbocycles. The molecule has 0 spiro atoms. The zero-order valence-electron chi connectivity index (χ0n) is 18.7. The monoisotopic (exact) mass is 431 g/mol. The minimum absolute atomic E-state index is 0.180. The van der Waals surface area contributed by atoms with Crippen molar-refractivity contribution in [1.82, 2.24) is 19.9 Å². The fraction of sp³-hybridized carbons (Fsp3) is 0.292. The smallest absolute Gasteiger partial charge is 0.231 e. The van der Waals surface area contributed by atoms with Gasteiger partial charge < -0.3 is 25.6 Å². The number of rotatable bonds is 9. The summed E-state index contributed by atoms with van der Waals surface area (Å²) in [5.41, 5.74) is 4.20. The number of anilines is 5. The first kappa shape index (κ1) is 21.4. The highest BCUT2D eigenvalue weighted by Gasteiger charge is 2.18. The number of H-pyrrole nitrogens is 1. The lowest BCUT2D eigenvalue weighted by Gasteiger charge is -2.23. The molecule has 0 aliphatic rings. The Balaban J connectivity index is 1.76. The summed E-state index contributed by atoms with van der Waals surface area (Å²) < 4.78 is 0. The number of aryl methyl sites for hydroxylation is 1. The number of phenolic OH excluding ortho intramolecular Hbond substituents is 1. The first-order chi connectivity index (χ1) is 15.6. The fourth-order valence-corrected chi connectivity index (χ4v) is 3.66. The molecule has 4 N–H and O–H groups in total. The molecule has 0 bridgehead atoms. The Kier molecular flexibility index (Phi) is 6.39. The first-order valence-corrected chi connectivity index (χ1v) is 11.0. The van der Waals surface area contributed by atoms with E-state index in [-0.39, 0.29) is 5.75 Å². The molecule has 32 heavy (non-hydrogen) atoms. The molecule has 0 fully saturated rings. The predicted molar refractivity (Wildman–Crippen MR) is 130 cm³/mol. The van der Waals surface area contributed by atoms with Gasteiger partial charge in [0.05, 0.1) is 0 Å². The highest BCUT2D eigenvalue weighted by molar-refractivity contribution is 5.87. The Morgan fingerprint density at radius 3 is 2.31 bits per heavy atom. The van der Waals surface area contributed by atoms with E-state index in [0.29, 0.717) is 23.2 Å². The number of nitrogens with one attached hydrogen (secondary N) is 3. The highest BCUT2D eigenvalue weighted by atomic mass is 16.3. The van der Waals surface area contributed by atoms with Crippen LogP contribution in [0.3, 0.4) is 0 Å². The van der Waals surface area contributed by atoms with Crippen molar-refractivity contribution in [2.24, 2.45) is 0 Å². The molecule has 4 rings (SSSR count). The third-order valence-electron chi connectivity index (χ3n) is 5.00. The number of benzene rings is 2. The van der Waals surface area contributed by atoms with E-state index < -0.39 is 0 Å². The second-order valence-corrected chi connectivity index (χ2v) is 7.81. The maximum atomic E-state index is 9.79. The van der Waals surface area contributed by atoms with E-state index in [0.717, 1.165) is 43.0 Å². The van der Waals surface area contributed by atoms with Crippen LogP contribution >= 0.6 is 0 Å². The number of aromatic amines is 1. The van der Waals surface area contributed by atoms with Gasteiger partial charge in [0, 0.05) is 30.5 Å². The van der Waals surface area contributed by atoms with E-state index >= 15 is 0 Å². The summed E-state index contributed by atoms with van der Waals surface area (Å²) in [6, 6.07) is 15.0. The highest BCUT2D eigenvalue weighted by Crippen LogP contribution is 2.28. The molecule has 0 atom stereocenters. The minimum Gasteiger partial charge on any atom is -0.508 e. The molecule has 166 valence electrons. The van der Waals surface area contributed by atoms with Gasteiger partial charge in [-0.3, -0.25) is 0 Å². The topological polar surface area (TPSA) is 102 Å². The molecule has 0 saturated heterocycles. The molecule has 0 unspecified atom stereocenters. The largest absolute Gasteiger partial charge is 0.508 e. The minimum atomic E-state index is 0.180. The molecule has 0 amide bonds. The lowest BCUT2D eigenvalue weighted by Crippen LogP contribution is -2.26. The summed E-state index contributed by atoms with van der Waals surface area (Å²) >= 11 is 0. The van der Waals surface area contributed by atoms with Crippen LogP contribution in [0.4, 0.5) is 29.1 Å². The summed E-state index contributed by atoms with van der Waals surface area (Å²) in [5.74, 6) is 2.04. The zero-order valence-corrected chi connectivity index (χ0v) is 18.7. The molecule has 2 aromatic carbocycles. The van der Waals surface area contributed by atoms with Crippen LogP contribution in [0, 0.1) is 6.92 Å². The number of fused-ring (bicyclic) bond motifs is 1. The first-order valence-electron chi connectivity index (χ1n) is 11.0. The molecule has 8 nitrogen and oxygen atoms in total. The Morgan fingerprint density at radius 2 is 1.62 bits per heavy atom. The predicted octanol–water partition coefficient (Wildman–Crippen LogP) is 5.48. The number of aromatic hydroxyl groups is 1. The van der Waals surface area contributed by atoms with Gasteiger partial charge in [-0.25, -0.2) is 0 Å². The second-order valence-electron chi connectivity index (χ2n) is 7.81. The van der Waals surface area contributed by atoms with E-state index in [9.17, 15) is 5.11 Å². The number of phenols is 1. The Morgan fingerprint density at radius 1 is 0.906 bits per heavy atom. The van der Waals surface area contributed by atoms with Crippen LogP contribution in [0.5, 0.6) is 5.75 Å². The van der Waals surface area contributed by atoms with Gasteiger partial charge in [0.1, 0.15) is 11.3 Å². The van der Waals surface area contributed by atoms with Gasteiger partial charge in [-0.2, -0.15) is 15.0 Å². The van der Waals surface area contributed by atoms with Gasteiger partial charge in [0.2, 0.25) is 11.9 Å². The van der Waals surface area contributed by atoms with Crippen LogP contribution < -0.4 is 15.5 Å². The summed E-state index contributed by atoms with van der Waals surface area (Å²) in [7, 11) is 0. The Labute approximate surface area is 187 Å². The fourth-order valence-electron chi connectivity index (χ4n) is 3.66. The molecular weight excluding hydrogens is 402 g/mol. The molecule has 4 aromatic rings. The SMILES string of the molecule is CCCN(CCC)c1nc(Nc2cccc(O)c2)nc2nc(Nc3cccc(C)c3)[nH]c12. The van der Waals surface area contributed by atoms with Crippen LogP contribution in [0.1, 0.15) is 32.3 Å². The molecule has 0 aliphatic heterocycles. The Bertz CT molecular complexity index is 1200. The van der Waals surface area contributed by atoms with Crippen LogP contribution in [0.15, 0.2) is 48.5 Å². The second kappa shape index (κ2) is 9.55. The van der Waals surface area contributed by atoms with Gasteiger partial charge in [-0.05, 0) is 49.6 Å². The van der Waals surface area contributed by atoms with Crippen LogP contribution in [-0.4, -0.2) is 38.1 Å². The van der Waals surface area contributed by atoms with Gasteiger partial charge in [0.15, 0.2) is 11.5 Å². The third-order valence-corrected chi connectivity index (χ3v) is 5.00. The van der Waals surface area contributed by atoms with Crippen molar-refractivity contribution < 1.29 is 5.11 Å². The van der Waals surface area contributed by atoms with Crippen LogP contribution in [0.2, 0.25) is 0 Å². The molecule has 2 heterocycles. The number of hydrogen-bond donors (Lipinski definition) is 4. The number of aromatic nitrogens is 4. The van der Waals surface area contributed by atoms with Gasteiger partial charge in [-0.15, -0.1) is 0 Å². The average Bonchev–Trinajstić information content (AvgIpc) is 3.15. The van der Waals surface area contributed by atoms with Crippen molar-refractivity contribution in [3.8, 4) is 5.75 Å². The van der Waals surface area contributed by atoms with Crippen molar-refractivity contribution in [2.45, 2.75) is 33.6 Å². The zero-order chi connectivity index (χ0) is 22.5. The normalized spacial score (nSPS) is 11.0. The summed E-state index contributed by atoms with van der Waals surface area (Å²) in [6.45, 7) is 8.13.